The van der Waals surface area contributed by atoms with Crippen molar-refractivity contribution in [2.24, 2.45) is 0 Å². The van der Waals surface area contributed by atoms with Gasteiger partial charge in [0.25, 0.3) is 0 Å². The van der Waals surface area contributed by atoms with E-state index in [1.807, 2.05) is 60.7 Å². The van der Waals surface area contributed by atoms with Crippen molar-refractivity contribution in [2.75, 3.05) is 0 Å². The van der Waals surface area contributed by atoms with E-state index in [9.17, 15) is 9.59 Å². The van der Waals surface area contributed by atoms with Crippen LogP contribution in [0.5, 0.6) is 0 Å². The maximum atomic E-state index is 12.9. The first-order valence-electron chi connectivity index (χ1n) is 7.70. The lowest BCUT2D eigenvalue weighted by Crippen LogP contribution is -2.32. The summed E-state index contributed by atoms with van der Waals surface area (Å²) in [5, 5.41) is 9.08. The predicted octanol–water partition coefficient (Wildman–Crippen LogP) is 2.11. The molecule has 0 spiro atoms. The van der Waals surface area contributed by atoms with Crippen molar-refractivity contribution in [3.8, 4) is 0 Å². The van der Waals surface area contributed by atoms with E-state index >= 15 is 0 Å². The molecule has 0 saturated carbocycles. The Morgan fingerprint density at radius 3 is 2.00 bits per heavy atom. The van der Waals surface area contributed by atoms with Gasteiger partial charge in [-0.3, -0.25) is 9.78 Å². The molecule has 1 heterocycles. The summed E-state index contributed by atoms with van der Waals surface area (Å²) in [5.41, 5.74) is 1.42. The molecule has 3 aromatic rings. The second kappa shape index (κ2) is 6.95. The highest BCUT2D eigenvalue weighted by atomic mass is 16.2. The van der Waals surface area contributed by atoms with Crippen LogP contribution in [0.15, 0.2) is 65.5 Å². The Morgan fingerprint density at radius 2 is 1.54 bits per heavy atom. The largest absolute Gasteiger partial charge is 0.346 e. The van der Waals surface area contributed by atoms with Gasteiger partial charge in [0.2, 0.25) is 5.91 Å². The van der Waals surface area contributed by atoms with Gasteiger partial charge in [-0.25, -0.2) is 9.89 Å². The van der Waals surface area contributed by atoms with Crippen LogP contribution in [0, 0.1) is 0 Å². The zero-order chi connectivity index (χ0) is 16.9. The lowest BCUT2D eigenvalue weighted by molar-refractivity contribution is -0.122. The van der Waals surface area contributed by atoms with Gasteiger partial charge < -0.3 is 5.32 Å². The molecule has 0 radical (unpaired) electrons. The van der Waals surface area contributed by atoms with Crippen LogP contribution in [0.3, 0.4) is 0 Å². The molecule has 0 aliphatic heterocycles. The molecule has 0 unspecified atom stereocenters. The molecule has 3 rings (SSSR count). The third kappa shape index (κ3) is 3.43. The van der Waals surface area contributed by atoms with Crippen molar-refractivity contribution in [1.29, 1.82) is 0 Å². The molecule has 0 fully saturated rings. The van der Waals surface area contributed by atoms with Crippen LogP contribution in [0.25, 0.3) is 0 Å². The van der Waals surface area contributed by atoms with E-state index in [0.29, 0.717) is 5.82 Å². The van der Waals surface area contributed by atoms with Gasteiger partial charge in [-0.2, -0.15) is 5.10 Å². The van der Waals surface area contributed by atoms with E-state index in [1.54, 1.807) is 6.92 Å². The topological polar surface area (TPSA) is 90.6 Å². The molecule has 122 valence electrons. The number of aromatic nitrogens is 3. The molecule has 24 heavy (non-hydrogen) atoms. The average molecular weight is 322 g/mol. The molecule has 1 atom stereocenters. The fraction of sp³-hybridized carbons (Fsp3) is 0.167. The van der Waals surface area contributed by atoms with Crippen molar-refractivity contribution >= 4 is 5.91 Å². The zero-order valence-corrected chi connectivity index (χ0v) is 13.2. The third-order valence-electron chi connectivity index (χ3n) is 3.82. The fourth-order valence-electron chi connectivity index (χ4n) is 2.64. The molecule has 1 aromatic heterocycles. The minimum atomic E-state index is -0.430. The van der Waals surface area contributed by atoms with E-state index in [0.717, 1.165) is 11.1 Å². The Hall–Kier alpha value is -3.15. The van der Waals surface area contributed by atoms with E-state index in [-0.39, 0.29) is 5.91 Å². The number of hydrogen-bond acceptors (Lipinski definition) is 3. The Bertz CT molecular complexity index is 816. The van der Waals surface area contributed by atoms with Crippen LogP contribution >= 0.6 is 0 Å². The van der Waals surface area contributed by atoms with Crippen LogP contribution in [-0.4, -0.2) is 21.1 Å². The molecule has 2 aromatic carbocycles. The molecular formula is C18H18N4O2. The molecule has 0 saturated heterocycles. The quantitative estimate of drug-likeness (QED) is 0.672. The summed E-state index contributed by atoms with van der Waals surface area (Å²) in [5.74, 6) is -0.183. The molecular weight excluding hydrogens is 304 g/mol. The van der Waals surface area contributed by atoms with E-state index in [2.05, 4.69) is 20.5 Å². The number of carbonyl (C=O) groups is 1. The number of benzene rings is 2. The molecule has 0 aliphatic carbocycles. The van der Waals surface area contributed by atoms with Gasteiger partial charge in [0.15, 0.2) is 5.82 Å². The molecule has 0 aliphatic rings. The normalized spacial score (nSPS) is 12.1. The highest BCUT2D eigenvalue weighted by Crippen LogP contribution is 2.25. The minimum Gasteiger partial charge on any atom is -0.346 e. The average Bonchev–Trinajstić information content (AvgIpc) is 3.04. The second-order valence-electron chi connectivity index (χ2n) is 5.55. The van der Waals surface area contributed by atoms with Crippen LogP contribution < -0.4 is 11.0 Å². The summed E-state index contributed by atoms with van der Waals surface area (Å²) in [4.78, 5) is 26.6. The van der Waals surface area contributed by atoms with Gasteiger partial charge in [-0.05, 0) is 18.1 Å². The minimum absolute atomic E-state index is 0.149. The Kier molecular flexibility index (Phi) is 4.56. The van der Waals surface area contributed by atoms with E-state index < -0.39 is 17.6 Å². The van der Waals surface area contributed by atoms with Gasteiger partial charge in [0.05, 0.1) is 12.0 Å². The summed E-state index contributed by atoms with van der Waals surface area (Å²) in [6, 6.07) is 18.8. The van der Waals surface area contributed by atoms with Gasteiger partial charge in [0, 0.05) is 0 Å². The van der Waals surface area contributed by atoms with Gasteiger partial charge in [0.1, 0.15) is 0 Å². The number of carbonyl (C=O) groups excluding carboxylic acids is 1. The first-order valence-corrected chi connectivity index (χ1v) is 7.70. The highest BCUT2D eigenvalue weighted by molar-refractivity contribution is 5.87. The summed E-state index contributed by atoms with van der Waals surface area (Å²) >= 11 is 0. The molecule has 3 N–H and O–H groups in total. The van der Waals surface area contributed by atoms with Gasteiger partial charge in [-0.15, -0.1) is 0 Å². The first-order chi connectivity index (χ1) is 11.6. The van der Waals surface area contributed by atoms with Crippen LogP contribution in [0.2, 0.25) is 0 Å². The van der Waals surface area contributed by atoms with Gasteiger partial charge in [-0.1, -0.05) is 60.7 Å². The molecule has 1 amide bonds. The van der Waals surface area contributed by atoms with Crippen LogP contribution in [0.4, 0.5) is 0 Å². The number of nitrogens with zero attached hydrogens (tertiary/aromatic N) is 1. The maximum absolute atomic E-state index is 12.9. The Balaban J connectivity index is 1.88. The number of nitrogens with one attached hydrogen (secondary N) is 3. The smallest absolute Gasteiger partial charge is 0.340 e. The predicted molar refractivity (Wildman–Crippen MR) is 90.5 cm³/mol. The third-order valence-corrected chi connectivity index (χ3v) is 3.82. The Labute approximate surface area is 138 Å². The Morgan fingerprint density at radius 1 is 1.00 bits per heavy atom. The number of rotatable bonds is 5. The van der Waals surface area contributed by atoms with Crippen molar-refractivity contribution in [3.05, 3.63) is 88.1 Å². The van der Waals surface area contributed by atoms with Crippen molar-refractivity contribution in [1.82, 2.24) is 20.5 Å². The second-order valence-corrected chi connectivity index (χ2v) is 5.55. The zero-order valence-electron chi connectivity index (χ0n) is 13.2. The van der Waals surface area contributed by atoms with Crippen molar-refractivity contribution < 1.29 is 4.79 Å². The molecule has 6 nitrogen and oxygen atoms in total. The summed E-state index contributed by atoms with van der Waals surface area (Å²) < 4.78 is 0. The first kappa shape index (κ1) is 15.7. The summed E-state index contributed by atoms with van der Waals surface area (Å²) in [6.45, 7) is 1.77. The standard InChI is InChI=1S/C18H18N4O2/c1-12(16-20-18(24)22-21-16)19-17(23)15(13-8-4-2-5-9-13)14-10-6-3-7-11-14/h2-12,15H,1H3,(H,19,23)(H2,20,21,22,24)/t12-/m1/s1. The van der Waals surface area contributed by atoms with Crippen LogP contribution in [0.1, 0.15) is 35.8 Å². The number of aromatic amines is 2. The van der Waals surface area contributed by atoms with Crippen LogP contribution in [-0.2, 0) is 4.79 Å². The number of amides is 1. The van der Waals surface area contributed by atoms with Crippen molar-refractivity contribution in [3.63, 3.8) is 0 Å². The van der Waals surface area contributed by atoms with Crippen molar-refractivity contribution in [2.45, 2.75) is 18.9 Å². The lowest BCUT2D eigenvalue weighted by Gasteiger charge is -2.20. The summed E-state index contributed by atoms with van der Waals surface area (Å²) in [7, 11) is 0. The molecule has 0 bridgehead atoms. The monoisotopic (exact) mass is 322 g/mol. The maximum Gasteiger partial charge on any atom is 0.340 e. The lowest BCUT2D eigenvalue weighted by atomic mass is 9.90. The number of H-pyrrole nitrogens is 2. The SMILES string of the molecule is C[C@@H](NC(=O)C(c1ccccc1)c1ccccc1)c1n[nH]c(=O)[nH]1. The van der Waals surface area contributed by atoms with E-state index in [4.69, 9.17) is 0 Å². The number of hydrogen-bond donors (Lipinski definition) is 3. The van der Waals surface area contributed by atoms with E-state index in [1.165, 1.54) is 0 Å². The highest BCUT2D eigenvalue weighted by Gasteiger charge is 2.24. The van der Waals surface area contributed by atoms with Gasteiger partial charge >= 0.3 is 5.69 Å². The fourth-order valence-corrected chi connectivity index (χ4v) is 2.64. The summed E-state index contributed by atoms with van der Waals surface area (Å²) in [6.07, 6.45) is 0. The molecule has 6 heteroatoms.